The molecule has 0 saturated carbocycles. The van der Waals surface area contributed by atoms with Gasteiger partial charge in [-0.25, -0.2) is 4.98 Å². The molecule has 0 fully saturated rings. The van der Waals surface area contributed by atoms with E-state index in [0.29, 0.717) is 0 Å². The van der Waals surface area contributed by atoms with Gasteiger partial charge >= 0.3 is 0 Å². The minimum absolute atomic E-state index is 0.841. The van der Waals surface area contributed by atoms with Crippen molar-refractivity contribution >= 4 is 20.2 Å². The van der Waals surface area contributed by atoms with Crippen LogP contribution in [0, 0.1) is 6.92 Å². The predicted octanol–water partition coefficient (Wildman–Crippen LogP) is 3.69. The molecular weight excluding hydrogens is 266 g/mol. The van der Waals surface area contributed by atoms with Gasteiger partial charge in [0.1, 0.15) is 11.4 Å². The zero-order chi connectivity index (χ0) is 14.8. The Labute approximate surface area is 121 Å². The van der Waals surface area contributed by atoms with E-state index >= 15 is 0 Å². The third-order valence-corrected chi connectivity index (χ3v) is 3.42. The van der Waals surface area contributed by atoms with Crippen molar-refractivity contribution < 1.29 is 4.43 Å². The van der Waals surface area contributed by atoms with Crippen LogP contribution in [-0.2, 0) is 7.05 Å². The van der Waals surface area contributed by atoms with Gasteiger partial charge in [0.25, 0.3) is 0 Å². The van der Waals surface area contributed by atoms with Crippen molar-refractivity contribution in [3.63, 3.8) is 0 Å². The quantitative estimate of drug-likeness (QED) is 0.635. The van der Waals surface area contributed by atoms with E-state index in [-0.39, 0.29) is 0 Å². The summed E-state index contributed by atoms with van der Waals surface area (Å²) < 4.78 is 7.98. The van der Waals surface area contributed by atoms with Gasteiger partial charge in [-0.15, -0.1) is 0 Å². The van der Waals surface area contributed by atoms with Gasteiger partial charge in [-0.2, -0.15) is 0 Å². The van der Waals surface area contributed by atoms with Crippen LogP contribution in [0.2, 0.25) is 19.6 Å². The van der Waals surface area contributed by atoms with E-state index in [1.54, 1.807) is 12.5 Å². The van der Waals surface area contributed by atoms with Crippen LogP contribution < -0.4 is 4.43 Å². The average molecular weight is 287 g/mol. The summed E-state index contributed by atoms with van der Waals surface area (Å²) >= 11 is 0. The lowest BCUT2D eigenvalue weighted by atomic mass is 10.2. The number of hydrogen-bond acceptors (Lipinski definition) is 3. The molecule has 1 aromatic heterocycles. The molecule has 20 heavy (non-hydrogen) atoms. The summed E-state index contributed by atoms with van der Waals surface area (Å²) in [4.78, 5) is 8.77. The van der Waals surface area contributed by atoms with Crippen molar-refractivity contribution in [3.8, 4) is 5.75 Å². The Morgan fingerprint density at radius 2 is 2.05 bits per heavy atom. The molecule has 0 aliphatic carbocycles. The summed E-state index contributed by atoms with van der Waals surface area (Å²) in [6, 6.07) is 6.09. The van der Waals surface area contributed by atoms with Gasteiger partial charge in [0, 0.05) is 13.2 Å². The highest BCUT2D eigenvalue weighted by Crippen LogP contribution is 2.30. The first-order valence-electron chi connectivity index (χ1n) is 6.65. The molecule has 0 unspecified atom stereocenters. The third-order valence-electron chi connectivity index (χ3n) is 2.59. The first-order valence-corrected chi connectivity index (χ1v) is 10.1. The average Bonchev–Trinajstić information content (AvgIpc) is 2.74. The zero-order valence-corrected chi connectivity index (χ0v) is 13.7. The van der Waals surface area contributed by atoms with Crippen LogP contribution in [0.15, 0.2) is 35.7 Å². The molecule has 0 amide bonds. The fourth-order valence-electron chi connectivity index (χ4n) is 1.78. The van der Waals surface area contributed by atoms with E-state index in [1.807, 2.05) is 29.9 Å². The summed E-state index contributed by atoms with van der Waals surface area (Å²) in [7, 11) is 0.297. The fraction of sp³-hybridized carbons (Fsp3) is 0.333. The molecule has 0 atom stereocenters. The van der Waals surface area contributed by atoms with Gasteiger partial charge in [-0.05, 0) is 44.3 Å². The second-order valence-electron chi connectivity index (χ2n) is 5.91. The highest BCUT2D eigenvalue weighted by atomic mass is 28.4. The smallest absolute Gasteiger partial charge is 0.242 e. The molecule has 0 N–H and O–H groups in total. The molecule has 5 heteroatoms. The summed E-state index contributed by atoms with van der Waals surface area (Å²) in [5.74, 6) is 0.849. The minimum Gasteiger partial charge on any atom is -0.543 e. The second kappa shape index (κ2) is 5.62. The van der Waals surface area contributed by atoms with Crippen LogP contribution in [-0.4, -0.2) is 24.1 Å². The van der Waals surface area contributed by atoms with Gasteiger partial charge in [0.05, 0.1) is 18.2 Å². The van der Waals surface area contributed by atoms with Crippen LogP contribution in [0.1, 0.15) is 11.3 Å². The van der Waals surface area contributed by atoms with E-state index in [2.05, 4.69) is 42.6 Å². The van der Waals surface area contributed by atoms with Gasteiger partial charge in [0.2, 0.25) is 8.32 Å². The molecule has 0 aliphatic heterocycles. The standard InChI is InChI=1S/C15H21N3OSi/c1-12-6-7-15(19-20(3,4)5)14(8-12)16-9-13-10-18(2)11-17-13/h6-11H,1-5H3/b16-9+. The first kappa shape index (κ1) is 14.5. The lowest BCUT2D eigenvalue weighted by molar-refractivity contribution is 0.559. The maximum absolute atomic E-state index is 6.08. The SMILES string of the molecule is Cc1ccc(O[Si](C)(C)C)c(/N=C/c2cn(C)cn2)c1. The Hall–Kier alpha value is -1.88. The van der Waals surface area contributed by atoms with Crippen molar-refractivity contribution in [1.29, 1.82) is 0 Å². The largest absolute Gasteiger partial charge is 0.543 e. The Bertz CT molecular complexity index is 626. The zero-order valence-electron chi connectivity index (χ0n) is 12.7. The van der Waals surface area contributed by atoms with Gasteiger partial charge < -0.3 is 8.99 Å². The van der Waals surface area contributed by atoms with E-state index in [4.69, 9.17) is 4.43 Å². The van der Waals surface area contributed by atoms with E-state index in [0.717, 1.165) is 17.1 Å². The van der Waals surface area contributed by atoms with Crippen LogP contribution in [0.3, 0.4) is 0 Å². The third kappa shape index (κ3) is 4.06. The normalized spacial score (nSPS) is 12.1. The van der Waals surface area contributed by atoms with Gasteiger partial charge in [0.15, 0.2) is 0 Å². The Morgan fingerprint density at radius 1 is 1.30 bits per heavy atom. The van der Waals surface area contributed by atoms with Gasteiger partial charge in [-0.3, -0.25) is 4.99 Å². The maximum atomic E-state index is 6.08. The highest BCUT2D eigenvalue weighted by molar-refractivity contribution is 6.70. The number of aliphatic imine (C=N–C) groups is 1. The predicted molar refractivity (Wildman–Crippen MR) is 85.6 cm³/mol. The van der Waals surface area contributed by atoms with Gasteiger partial charge in [-0.1, -0.05) is 6.07 Å². The molecule has 1 heterocycles. The molecule has 4 nitrogen and oxygen atoms in total. The van der Waals surface area contributed by atoms with Crippen LogP contribution in [0.5, 0.6) is 5.75 Å². The molecule has 0 bridgehead atoms. The molecule has 1 aromatic carbocycles. The molecular formula is C15H21N3OSi. The van der Waals surface area contributed by atoms with Crippen LogP contribution in [0.25, 0.3) is 0 Å². The molecule has 0 spiro atoms. The molecule has 106 valence electrons. The Morgan fingerprint density at radius 3 is 2.65 bits per heavy atom. The summed E-state index contributed by atoms with van der Waals surface area (Å²) in [5, 5.41) is 0. The molecule has 0 saturated heterocycles. The monoisotopic (exact) mass is 287 g/mol. The minimum atomic E-state index is -1.64. The lowest BCUT2D eigenvalue weighted by Crippen LogP contribution is -2.29. The number of aryl methyl sites for hydroxylation is 2. The Kier molecular flexibility index (Phi) is 4.08. The fourth-order valence-corrected chi connectivity index (χ4v) is 2.61. The number of hydrogen-bond donors (Lipinski definition) is 0. The van der Waals surface area contributed by atoms with E-state index in [1.165, 1.54) is 5.56 Å². The van der Waals surface area contributed by atoms with Crippen molar-refractivity contribution in [1.82, 2.24) is 9.55 Å². The maximum Gasteiger partial charge on any atom is 0.242 e. The van der Waals surface area contributed by atoms with Crippen molar-refractivity contribution in [2.24, 2.45) is 12.0 Å². The van der Waals surface area contributed by atoms with Crippen molar-refractivity contribution in [3.05, 3.63) is 42.0 Å². The topological polar surface area (TPSA) is 39.4 Å². The second-order valence-corrected chi connectivity index (χ2v) is 10.3. The Balaban J connectivity index is 2.29. The number of aromatic nitrogens is 2. The number of nitrogens with zero attached hydrogens (tertiary/aromatic N) is 3. The summed E-state index contributed by atoms with van der Waals surface area (Å²) in [6.45, 7) is 8.55. The number of benzene rings is 1. The molecule has 0 aliphatic rings. The lowest BCUT2D eigenvalue weighted by Gasteiger charge is -2.20. The van der Waals surface area contributed by atoms with Crippen molar-refractivity contribution in [2.45, 2.75) is 26.6 Å². The van der Waals surface area contributed by atoms with E-state index < -0.39 is 8.32 Å². The molecule has 2 aromatic rings. The highest BCUT2D eigenvalue weighted by Gasteiger charge is 2.18. The van der Waals surface area contributed by atoms with Crippen molar-refractivity contribution in [2.75, 3.05) is 0 Å². The van der Waals surface area contributed by atoms with E-state index in [9.17, 15) is 0 Å². The first-order chi connectivity index (χ1) is 9.33. The summed E-state index contributed by atoms with van der Waals surface area (Å²) in [5.41, 5.74) is 2.87. The van der Waals surface area contributed by atoms with Crippen LogP contribution in [0.4, 0.5) is 5.69 Å². The number of rotatable bonds is 4. The van der Waals surface area contributed by atoms with Crippen LogP contribution >= 0.6 is 0 Å². The molecule has 2 rings (SSSR count). The summed E-state index contributed by atoms with van der Waals surface area (Å²) in [6.07, 6.45) is 5.46. The number of imidazole rings is 1. The molecule has 0 radical (unpaired) electrons.